The van der Waals surface area contributed by atoms with Gasteiger partial charge in [-0.15, -0.1) is 0 Å². The van der Waals surface area contributed by atoms with Crippen molar-refractivity contribution in [3.63, 3.8) is 0 Å². The Morgan fingerprint density at radius 1 is 1.07 bits per heavy atom. The molecule has 1 N–H and O–H groups in total. The van der Waals surface area contributed by atoms with Crippen molar-refractivity contribution in [1.29, 1.82) is 0 Å². The molecular formula is C12H26N2. The van der Waals surface area contributed by atoms with Crippen molar-refractivity contribution in [3.05, 3.63) is 0 Å². The lowest BCUT2D eigenvalue weighted by Crippen LogP contribution is -2.44. The van der Waals surface area contributed by atoms with Crippen LogP contribution in [0, 0.1) is 5.41 Å². The average Bonchev–Trinajstić information content (AvgIpc) is 2.27. The largest absolute Gasteiger partial charge is 0.317 e. The van der Waals surface area contributed by atoms with Crippen LogP contribution in [0.2, 0.25) is 0 Å². The van der Waals surface area contributed by atoms with Crippen molar-refractivity contribution >= 4 is 0 Å². The van der Waals surface area contributed by atoms with Gasteiger partial charge in [0.05, 0.1) is 0 Å². The third kappa shape index (κ3) is 2.96. The molecule has 2 heteroatoms. The van der Waals surface area contributed by atoms with Gasteiger partial charge in [-0.3, -0.25) is 0 Å². The molecule has 84 valence electrons. The maximum Gasteiger partial charge on any atom is 0.00386 e. The van der Waals surface area contributed by atoms with E-state index in [1.54, 1.807) is 0 Å². The van der Waals surface area contributed by atoms with Crippen LogP contribution in [-0.2, 0) is 0 Å². The zero-order chi connectivity index (χ0) is 10.4. The first-order valence-electron chi connectivity index (χ1n) is 6.19. The van der Waals surface area contributed by atoms with E-state index in [-0.39, 0.29) is 0 Å². The normalized spacial score (nSPS) is 21.4. The molecule has 0 aromatic carbocycles. The van der Waals surface area contributed by atoms with Gasteiger partial charge < -0.3 is 10.2 Å². The van der Waals surface area contributed by atoms with Gasteiger partial charge in [-0.25, -0.2) is 0 Å². The smallest absolute Gasteiger partial charge is 0.00386 e. The van der Waals surface area contributed by atoms with E-state index in [0.29, 0.717) is 5.41 Å². The van der Waals surface area contributed by atoms with Crippen molar-refractivity contribution in [2.24, 2.45) is 5.41 Å². The monoisotopic (exact) mass is 198 g/mol. The Morgan fingerprint density at radius 2 is 1.64 bits per heavy atom. The van der Waals surface area contributed by atoms with E-state index in [9.17, 15) is 0 Å². The van der Waals surface area contributed by atoms with Crippen LogP contribution in [0.4, 0.5) is 0 Å². The van der Waals surface area contributed by atoms with Crippen LogP contribution in [0.1, 0.15) is 40.0 Å². The van der Waals surface area contributed by atoms with Crippen LogP contribution in [-0.4, -0.2) is 37.6 Å². The first kappa shape index (κ1) is 12.0. The summed E-state index contributed by atoms with van der Waals surface area (Å²) in [4.78, 5) is 2.58. The standard InChI is InChI=1S/C12H26N2/c1-4-12(7-9-13-10-8-12)11-14(5-2)6-3/h13H,4-11H2,1-3H3. The summed E-state index contributed by atoms with van der Waals surface area (Å²) in [5, 5.41) is 3.46. The summed E-state index contributed by atoms with van der Waals surface area (Å²) < 4.78 is 0. The number of nitrogens with zero attached hydrogens (tertiary/aromatic N) is 1. The molecule has 0 atom stereocenters. The summed E-state index contributed by atoms with van der Waals surface area (Å²) in [5.74, 6) is 0. The number of piperidine rings is 1. The first-order chi connectivity index (χ1) is 6.76. The second-order valence-electron chi connectivity index (χ2n) is 4.56. The molecule has 14 heavy (non-hydrogen) atoms. The van der Waals surface area contributed by atoms with Crippen LogP contribution >= 0.6 is 0 Å². The molecule has 0 unspecified atom stereocenters. The van der Waals surface area contributed by atoms with Gasteiger partial charge in [0.15, 0.2) is 0 Å². The molecule has 1 heterocycles. The van der Waals surface area contributed by atoms with Gasteiger partial charge in [-0.2, -0.15) is 0 Å². The molecule has 1 fully saturated rings. The molecule has 1 saturated heterocycles. The van der Waals surface area contributed by atoms with Crippen LogP contribution in [0.25, 0.3) is 0 Å². The Hall–Kier alpha value is -0.0800. The van der Waals surface area contributed by atoms with Crippen molar-refractivity contribution in [2.45, 2.75) is 40.0 Å². The molecule has 0 spiro atoms. The second kappa shape index (κ2) is 5.72. The SMILES string of the molecule is CCN(CC)CC1(CC)CCNCC1. The van der Waals surface area contributed by atoms with Crippen molar-refractivity contribution in [3.8, 4) is 0 Å². The Labute approximate surface area is 89.1 Å². The number of hydrogen-bond acceptors (Lipinski definition) is 2. The molecule has 1 aliphatic heterocycles. The van der Waals surface area contributed by atoms with E-state index in [4.69, 9.17) is 0 Å². The van der Waals surface area contributed by atoms with E-state index < -0.39 is 0 Å². The predicted molar refractivity (Wildman–Crippen MR) is 62.6 cm³/mol. The van der Waals surface area contributed by atoms with Crippen molar-refractivity contribution < 1.29 is 0 Å². The van der Waals surface area contributed by atoms with Crippen molar-refractivity contribution in [2.75, 3.05) is 32.7 Å². The summed E-state index contributed by atoms with van der Waals surface area (Å²) in [6.45, 7) is 13.0. The maximum atomic E-state index is 3.46. The van der Waals surface area contributed by atoms with Gasteiger partial charge in [0.2, 0.25) is 0 Å². The fourth-order valence-corrected chi connectivity index (χ4v) is 2.50. The highest BCUT2D eigenvalue weighted by Gasteiger charge is 2.31. The molecule has 0 aromatic rings. The van der Waals surface area contributed by atoms with E-state index in [1.165, 1.54) is 52.0 Å². The third-order valence-corrected chi connectivity index (χ3v) is 3.87. The van der Waals surface area contributed by atoms with Gasteiger partial charge in [0.25, 0.3) is 0 Å². The van der Waals surface area contributed by atoms with Gasteiger partial charge in [-0.05, 0) is 50.9 Å². The highest BCUT2D eigenvalue weighted by molar-refractivity contribution is 4.86. The lowest BCUT2D eigenvalue weighted by atomic mass is 9.76. The van der Waals surface area contributed by atoms with Gasteiger partial charge in [0.1, 0.15) is 0 Å². The Bertz CT molecular complexity index is 146. The number of nitrogens with one attached hydrogen (secondary N) is 1. The summed E-state index contributed by atoms with van der Waals surface area (Å²) in [6.07, 6.45) is 4.06. The molecule has 2 nitrogen and oxygen atoms in total. The second-order valence-corrected chi connectivity index (χ2v) is 4.56. The topological polar surface area (TPSA) is 15.3 Å². The zero-order valence-corrected chi connectivity index (χ0v) is 10.1. The van der Waals surface area contributed by atoms with E-state index >= 15 is 0 Å². The van der Waals surface area contributed by atoms with Crippen LogP contribution in [0.3, 0.4) is 0 Å². The highest BCUT2D eigenvalue weighted by atomic mass is 15.1. The minimum absolute atomic E-state index is 0.608. The molecule has 1 rings (SSSR count). The summed E-state index contributed by atoms with van der Waals surface area (Å²) in [7, 11) is 0. The van der Waals surface area contributed by atoms with E-state index in [1.807, 2.05) is 0 Å². The lowest BCUT2D eigenvalue weighted by molar-refractivity contribution is 0.113. The lowest BCUT2D eigenvalue weighted by Gasteiger charge is -2.40. The minimum atomic E-state index is 0.608. The predicted octanol–water partition coefficient (Wildman–Crippen LogP) is 2.11. The van der Waals surface area contributed by atoms with Crippen LogP contribution < -0.4 is 5.32 Å². The van der Waals surface area contributed by atoms with Crippen LogP contribution in [0.15, 0.2) is 0 Å². The fourth-order valence-electron chi connectivity index (χ4n) is 2.50. The molecule has 0 bridgehead atoms. The van der Waals surface area contributed by atoms with E-state index in [0.717, 1.165) is 0 Å². The van der Waals surface area contributed by atoms with Gasteiger partial charge in [-0.1, -0.05) is 20.8 Å². The molecular weight excluding hydrogens is 172 g/mol. The Kier molecular flexibility index (Phi) is 4.90. The fraction of sp³-hybridized carbons (Fsp3) is 1.00. The summed E-state index contributed by atoms with van der Waals surface area (Å²) in [6, 6.07) is 0. The Morgan fingerprint density at radius 3 is 2.07 bits per heavy atom. The summed E-state index contributed by atoms with van der Waals surface area (Å²) in [5.41, 5.74) is 0.608. The highest BCUT2D eigenvalue weighted by Crippen LogP contribution is 2.33. The van der Waals surface area contributed by atoms with Crippen LogP contribution in [0.5, 0.6) is 0 Å². The zero-order valence-electron chi connectivity index (χ0n) is 10.1. The average molecular weight is 198 g/mol. The number of rotatable bonds is 5. The molecule has 0 amide bonds. The third-order valence-electron chi connectivity index (χ3n) is 3.87. The Balaban J connectivity index is 2.50. The number of hydrogen-bond donors (Lipinski definition) is 1. The molecule has 0 radical (unpaired) electrons. The molecule has 0 aromatic heterocycles. The summed E-state index contributed by atoms with van der Waals surface area (Å²) >= 11 is 0. The van der Waals surface area contributed by atoms with Gasteiger partial charge in [0, 0.05) is 6.54 Å². The molecule has 0 aliphatic carbocycles. The van der Waals surface area contributed by atoms with E-state index in [2.05, 4.69) is 31.0 Å². The quantitative estimate of drug-likeness (QED) is 0.728. The van der Waals surface area contributed by atoms with Gasteiger partial charge >= 0.3 is 0 Å². The molecule has 0 saturated carbocycles. The maximum absolute atomic E-state index is 3.46. The van der Waals surface area contributed by atoms with Crippen molar-refractivity contribution in [1.82, 2.24) is 10.2 Å². The molecule has 1 aliphatic rings. The first-order valence-corrected chi connectivity index (χ1v) is 6.19. The minimum Gasteiger partial charge on any atom is -0.317 e.